The maximum atomic E-state index is 12.5. The van der Waals surface area contributed by atoms with Crippen molar-refractivity contribution in [1.29, 1.82) is 0 Å². The zero-order chi connectivity index (χ0) is 24.2. The van der Waals surface area contributed by atoms with Crippen LogP contribution in [0.3, 0.4) is 0 Å². The molecule has 1 heterocycles. The highest BCUT2D eigenvalue weighted by atomic mass is 32.2. The van der Waals surface area contributed by atoms with Gasteiger partial charge in [-0.05, 0) is 49.6 Å². The molecule has 2 aromatic rings. The van der Waals surface area contributed by atoms with Gasteiger partial charge in [0.2, 0.25) is 20.0 Å². The molecule has 1 aliphatic heterocycles. The molecule has 2 aromatic carbocycles. The number of piperidine rings is 1. The average molecular weight is 494 g/mol. The predicted octanol–water partition coefficient (Wildman–Crippen LogP) is 1.52. The topological polar surface area (TPSA) is 130 Å². The minimum Gasteiger partial charge on any atom is -0.348 e. The van der Waals surface area contributed by atoms with E-state index < -0.39 is 20.0 Å². The van der Waals surface area contributed by atoms with E-state index >= 15 is 0 Å². The molecule has 0 aliphatic carbocycles. The van der Waals surface area contributed by atoms with Crippen molar-refractivity contribution in [3.8, 4) is 0 Å². The number of benzene rings is 2. The van der Waals surface area contributed by atoms with E-state index in [1.165, 1.54) is 35.5 Å². The van der Waals surface area contributed by atoms with Gasteiger partial charge in [0.05, 0.1) is 11.2 Å². The number of nitrogens with one attached hydrogen (secondary N) is 2. The summed E-state index contributed by atoms with van der Waals surface area (Å²) in [4.78, 5) is 23.9. The fraction of sp³-hybridized carbons (Fsp3) is 0.364. The number of rotatable bonds is 8. The molecule has 0 aromatic heterocycles. The van der Waals surface area contributed by atoms with E-state index in [0.717, 1.165) is 6.26 Å². The van der Waals surface area contributed by atoms with Crippen molar-refractivity contribution in [3.05, 3.63) is 65.2 Å². The molecule has 1 aliphatic rings. The molecule has 0 bridgehead atoms. The first-order chi connectivity index (χ1) is 15.5. The van der Waals surface area contributed by atoms with E-state index in [1.54, 1.807) is 24.3 Å². The fourth-order valence-electron chi connectivity index (χ4n) is 3.53. The lowest BCUT2D eigenvalue weighted by molar-refractivity contribution is 0.0920. The quantitative estimate of drug-likeness (QED) is 0.537. The summed E-state index contributed by atoms with van der Waals surface area (Å²) in [6, 6.07) is 11.9. The zero-order valence-corrected chi connectivity index (χ0v) is 20.1. The molecule has 0 radical (unpaired) electrons. The van der Waals surface area contributed by atoms with Gasteiger partial charge in [-0.1, -0.05) is 24.3 Å². The third kappa shape index (κ3) is 6.70. The van der Waals surface area contributed by atoms with E-state index in [4.69, 9.17) is 0 Å². The Hall–Kier alpha value is -2.60. The van der Waals surface area contributed by atoms with Crippen LogP contribution in [0, 0.1) is 0 Å². The van der Waals surface area contributed by atoms with Crippen molar-refractivity contribution in [2.45, 2.75) is 37.2 Å². The van der Waals surface area contributed by atoms with E-state index in [-0.39, 0.29) is 35.7 Å². The van der Waals surface area contributed by atoms with Gasteiger partial charge in [-0.3, -0.25) is 9.59 Å². The monoisotopic (exact) mass is 493 g/mol. The summed E-state index contributed by atoms with van der Waals surface area (Å²) in [5.41, 5.74) is 1.49. The summed E-state index contributed by atoms with van der Waals surface area (Å²) < 4.78 is 52.3. The molecule has 1 fully saturated rings. The van der Waals surface area contributed by atoms with Crippen LogP contribution in [0.2, 0.25) is 0 Å². The van der Waals surface area contributed by atoms with Crippen LogP contribution in [-0.4, -0.2) is 58.2 Å². The third-order valence-electron chi connectivity index (χ3n) is 5.44. The van der Waals surface area contributed by atoms with Crippen LogP contribution >= 0.6 is 0 Å². The van der Waals surface area contributed by atoms with Gasteiger partial charge in [0, 0.05) is 36.8 Å². The number of Topliss-reactive ketones (excluding diaryl/α,β-unsaturated/α-hetero) is 1. The normalized spacial score (nSPS) is 17.5. The molecule has 11 heteroatoms. The maximum absolute atomic E-state index is 12.5. The highest BCUT2D eigenvalue weighted by Crippen LogP contribution is 2.15. The van der Waals surface area contributed by atoms with Crippen LogP contribution in [0.5, 0.6) is 0 Å². The van der Waals surface area contributed by atoms with Crippen molar-refractivity contribution in [2.75, 3.05) is 19.3 Å². The van der Waals surface area contributed by atoms with Crippen molar-refractivity contribution in [3.63, 3.8) is 0 Å². The summed E-state index contributed by atoms with van der Waals surface area (Å²) in [7, 11) is -7.06. The van der Waals surface area contributed by atoms with Crippen LogP contribution in [-0.2, 0) is 26.6 Å². The molecule has 178 valence electrons. The van der Waals surface area contributed by atoms with Gasteiger partial charge in [-0.2, -0.15) is 0 Å². The number of hydrogen-bond donors (Lipinski definition) is 2. The van der Waals surface area contributed by atoms with Gasteiger partial charge in [-0.25, -0.2) is 25.9 Å². The fourth-order valence-corrected chi connectivity index (χ4v) is 5.46. The second-order valence-electron chi connectivity index (χ2n) is 8.04. The molecule has 3 rings (SSSR count). The van der Waals surface area contributed by atoms with Crippen LogP contribution in [0.25, 0.3) is 0 Å². The number of nitrogens with zero attached hydrogens (tertiary/aromatic N) is 1. The second-order valence-corrected chi connectivity index (χ2v) is 11.8. The largest absolute Gasteiger partial charge is 0.348 e. The Bertz CT molecular complexity index is 1220. The number of hydrogen-bond acceptors (Lipinski definition) is 6. The number of ketones is 1. The molecular weight excluding hydrogens is 466 g/mol. The van der Waals surface area contributed by atoms with Crippen molar-refractivity contribution < 1.29 is 26.4 Å². The standard InChI is InChI=1S/C22H27N3O6S2/c1-16(26)18-9-11-21(12-10-18)33(30,31)23-14-17-5-7-19(8-6-17)22(27)24-20-4-3-13-25(15-20)32(2,28)29/h5-12,20,23H,3-4,13-15H2,1-2H3,(H,24,27). The van der Waals surface area contributed by atoms with Gasteiger partial charge in [-0.15, -0.1) is 0 Å². The molecule has 1 unspecified atom stereocenters. The molecule has 9 nitrogen and oxygen atoms in total. The summed E-state index contributed by atoms with van der Waals surface area (Å²) in [5, 5.41) is 2.87. The summed E-state index contributed by atoms with van der Waals surface area (Å²) in [6.07, 6.45) is 2.53. The summed E-state index contributed by atoms with van der Waals surface area (Å²) >= 11 is 0. The Morgan fingerprint density at radius 1 is 0.970 bits per heavy atom. The molecule has 1 amide bonds. The predicted molar refractivity (Wildman–Crippen MR) is 124 cm³/mol. The molecule has 33 heavy (non-hydrogen) atoms. The molecule has 1 saturated heterocycles. The van der Waals surface area contributed by atoms with Gasteiger partial charge in [0.25, 0.3) is 5.91 Å². The molecule has 2 N–H and O–H groups in total. The first-order valence-electron chi connectivity index (χ1n) is 10.4. The van der Waals surface area contributed by atoms with Crippen LogP contribution in [0.4, 0.5) is 0 Å². The highest BCUT2D eigenvalue weighted by molar-refractivity contribution is 7.89. The van der Waals surface area contributed by atoms with Crippen molar-refractivity contribution in [1.82, 2.24) is 14.3 Å². The van der Waals surface area contributed by atoms with Gasteiger partial charge in [0.15, 0.2) is 5.78 Å². The zero-order valence-electron chi connectivity index (χ0n) is 18.4. The Kier molecular flexibility index (Phi) is 7.68. The van der Waals surface area contributed by atoms with Gasteiger partial charge < -0.3 is 5.32 Å². The smallest absolute Gasteiger partial charge is 0.251 e. The highest BCUT2D eigenvalue weighted by Gasteiger charge is 2.27. The Balaban J connectivity index is 1.57. The summed E-state index contributed by atoms with van der Waals surface area (Å²) in [6.45, 7) is 2.14. The van der Waals surface area contributed by atoms with E-state index in [0.29, 0.717) is 36.1 Å². The first-order valence-corrected chi connectivity index (χ1v) is 13.7. The van der Waals surface area contributed by atoms with Gasteiger partial charge in [0.1, 0.15) is 0 Å². The SMILES string of the molecule is CC(=O)c1ccc(S(=O)(=O)NCc2ccc(C(=O)NC3CCCN(S(C)(=O)=O)C3)cc2)cc1. The van der Waals surface area contributed by atoms with E-state index in [2.05, 4.69) is 10.0 Å². The lowest BCUT2D eigenvalue weighted by Crippen LogP contribution is -2.49. The molecule has 0 saturated carbocycles. The lowest BCUT2D eigenvalue weighted by atomic mass is 10.1. The van der Waals surface area contributed by atoms with Crippen molar-refractivity contribution >= 4 is 31.7 Å². The Morgan fingerprint density at radius 2 is 1.58 bits per heavy atom. The molecule has 0 spiro atoms. The minimum atomic E-state index is -3.76. The van der Waals surface area contributed by atoms with Gasteiger partial charge >= 0.3 is 0 Å². The average Bonchev–Trinajstić information content (AvgIpc) is 2.78. The Labute approximate surface area is 194 Å². The van der Waals surface area contributed by atoms with Crippen LogP contribution in [0.1, 0.15) is 46.0 Å². The third-order valence-corrected chi connectivity index (χ3v) is 8.13. The van der Waals surface area contributed by atoms with E-state index in [9.17, 15) is 26.4 Å². The first kappa shape index (κ1) is 25.0. The number of carbonyl (C=O) groups is 2. The molecule has 1 atom stereocenters. The van der Waals surface area contributed by atoms with Crippen molar-refractivity contribution in [2.24, 2.45) is 0 Å². The van der Waals surface area contributed by atoms with Crippen LogP contribution < -0.4 is 10.0 Å². The number of amides is 1. The van der Waals surface area contributed by atoms with E-state index in [1.807, 2.05) is 0 Å². The maximum Gasteiger partial charge on any atom is 0.251 e. The second kappa shape index (κ2) is 10.1. The summed E-state index contributed by atoms with van der Waals surface area (Å²) in [5.74, 6) is -0.458. The Morgan fingerprint density at radius 3 is 2.15 bits per heavy atom. The minimum absolute atomic E-state index is 0.0324. The molecular formula is C22H27N3O6S2. The number of sulfonamides is 2. The lowest BCUT2D eigenvalue weighted by Gasteiger charge is -2.31. The number of carbonyl (C=O) groups excluding carboxylic acids is 2. The van der Waals surface area contributed by atoms with Crippen LogP contribution in [0.15, 0.2) is 53.4 Å².